The maximum Gasteiger partial charge on any atom is 0.263 e. The van der Waals surface area contributed by atoms with Crippen LogP contribution in [-0.4, -0.2) is 8.42 Å². The molecule has 0 fully saturated rings. The van der Waals surface area contributed by atoms with E-state index < -0.39 is 10.0 Å². The fraction of sp³-hybridized carbons (Fsp3) is 0.250. The molecule has 2 aromatic rings. The average Bonchev–Trinajstić information content (AvgIpc) is 2.89. The van der Waals surface area contributed by atoms with Crippen molar-refractivity contribution in [2.24, 2.45) is 0 Å². The molecule has 0 unspecified atom stereocenters. The first-order valence-corrected chi connectivity index (χ1v) is 9.21. The molecule has 1 aliphatic rings. The van der Waals surface area contributed by atoms with Gasteiger partial charge < -0.3 is 0 Å². The van der Waals surface area contributed by atoms with Crippen LogP contribution in [0.15, 0.2) is 35.2 Å². The molecular weight excluding hydrogens is 341 g/mol. The lowest BCUT2D eigenvalue weighted by Crippen LogP contribution is -2.14. The highest BCUT2D eigenvalue weighted by molar-refractivity contribution is 7.92. The van der Waals surface area contributed by atoms with Crippen molar-refractivity contribution in [1.29, 1.82) is 0 Å². The van der Waals surface area contributed by atoms with Crippen molar-refractivity contribution in [3.8, 4) is 0 Å². The van der Waals surface area contributed by atoms with Crippen LogP contribution in [0.3, 0.4) is 0 Å². The molecule has 0 aliphatic heterocycles. The number of hydrogen-bond donors (Lipinski definition) is 1. The van der Waals surface area contributed by atoms with E-state index in [1.54, 1.807) is 13.0 Å². The lowest BCUT2D eigenvalue weighted by molar-refractivity contribution is 0.601. The molecule has 3 nitrogen and oxygen atoms in total. The molecule has 0 heterocycles. The van der Waals surface area contributed by atoms with Crippen LogP contribution in [0.2, 0.25) is 10.0 Å². The lowest BCUT2D eigenvalue weighted by atomic mass is 10.1. The fourth-order valence-electron chi connectivity index (χ4n) is 2.68. The number of fused-ring (bicyclic) bond motifs is 1. The van der Waals surface area contributed by atoms with Gasteiger partial charge in [0.25, 0.3) is 10.0 Å². The Bertz CT molecular complexity index is 847. The number of aryl methyl sites for hydroxylation is 3. The molecule has 1 aliphatic carbocycles. The Morgan fingerprint density at radius 2 is 1.73 bits per heavy atom. The predicted molar refractivity (Wildman–Crippen MR) is 90.5 cm³/mol. The third-order valence-corrected chi connectivity index (χ3v) is 6.11. The van der Waals surface area contributed by atoms with Gasteiger partial charge in [-0.25, -0.2) is 8.42 Å². The van der Waals surface area contributed by atoms with Crippen molar-refractivity contribution >= 4 is 38.9 Å². The first-order chi connectivity index (χ1) is 10.4. The number of nitrogens with one attached hydrogen (secondary N) is 1. The Morgan fingerprint density at radius 1 is 1.00 bits per heavy atom. The molecule has 0 spiro atoms. The number of hydrogen-bond acceptors (Lipinski definition) is 2. The Hall–Kier alpha value is -1.23. The standard InChI is InChI=1S/C16H15Cl2NO2S/c1-10-7-16(15(18)9-14(10)17)22(20,21)19-13-6-5-11-3-2-4-12(11)8-13/h5-9,19H,2-4H2,1H3. The van der Waals surface area contributed by atoms with Crippen LogP contribution in [0, 0.1) is 6.92 Å². The van der Waals surface area contributed by atoms with Crippen LogP contribution in [0.4, 0.5) is 5.69 Å². The van der Waals surface area contributed by atoms with Crippen LogP contribution >= 0.6 is 23.2 Å². The van der Waals surface area contributed by atoms with Gasteiger partial charge in [0.15, 0.2) is 0 Å². The highest BCUT2D eigenvalue weighted by Crippen LogP contribution is 2.31. The summed E-state index contributed by atoms with van der Waals surface area (Å²) in [6, 6.07) is 8.61. The molecule has 0 bridgehead atoms. The number of sulfonamides is 1. The smallest absolute Gasteiger partial charge is 0.263 e. The summed E-state index contributed by atoms with van der Waals surface area (Å²) in [5.74, 6) is 0. The minimum absolute atomic E-state index is 0.0385. The second kappa shape index (κ2) is 5.76. The summed E-state index contributed by atoms with van der Waals surface area (Å²) in [7, 11) is -3.74. The Morgan fingerprint density at radius 3 is 2.50 bits per heavy atom. The number of benzene rings is 2. The van der Waals surface area contributed by atoms with Crippen LogP contribution < -0.4 is 4.72 Å². The van der Waals surface area contributed by atoms with E-state index in [1.807, 2.05) is 12.1 Å². The summed E-state index contributed by atoms with van der Waals surface area (Å²) in [4.78, 5) is 0.0385. The van der Waals surface area contributed by atoms with Gasteiger partial charge in [-0.05, 0) is 67.1 Å². The van der Waals surface area contributed by atoms with Gasteiger partial charge in [0, 0.05) is 10.7 Å². The molecule has 6 heteroatoms. The van der Waals surface area contributed by atoms with Crippen molar-refractivity contribution in [3.63, 3.8) is 0 Å². The summed E-state index contributed by atoms with van der Waals surface area (Å²) in [5.41, 5.74) is 3.73. The monoisotopic (exact) mass is 355 g/mol. The maximum atomic E-state index is 12.5. The number of rotatable bonds is 3. The minimum Gasteiger partial charge on any atom is -0.280 e. The summed E-state index contributed by atoms with van der Waals surface area (Å²) < 4.78 is 27.7. The molecule has 0 amide bonds. The zero-order valence-electron chi connectivity index (χ0n) is 12.0. The first-order valence-electron chi connectivity index (χ1n) is 6.97. The van der Waals surface area contributed by atoms with Crippen LogP contribution in [0.5, 0.6) is 0 Å². The Labute approximate surface area is 140 Å². The van der Waals surface area contributed by atoms with Gasteiger partial charge in [0.2, 0.25) is 0 Å². The molecule has 2 aromatic carbocycles. The molecule has 116 valence electrons. The van der Waals surface area contributed by atoms with Gasteiger partial charge in [-0.1, -0.05) is 29.3 Å². The minimum atomic E-state index is -3.74. The molecule has 0 aromatic heterocycles. The first kappa shape index (κ1) is 15.7. The van der Waals surface area contributed by atoms with Crippen molar-refractivity contribution < 1.29 is 8.42 Å². The van der Waals surface area contributed by atoms with E-state index >= 15 is 0 Å². The molecule has 0 radical (unpaired) electrons. The molecule has 0 atom stereocenters. The third-order valence-electron chi connectivity index (χ3n) is 3.85. The average molecular weight is 356 g/mol. The van der Waals surface area contributed by atoms with Gasteiger partial charge in [-0.15, -0.1) is 0 Å². The van der Waals surface area contributed by atoms with Crippen LogP contribution in [0.1, 0.15) is 23.1 Å². The van der Waals surface area contributed by atoms with E-state index in [2.05, 4.69) is 4.72 Å². The van der Waals surface area contributed by atoms with Crippen molar-refractivity contribution in [1.82, 2.24) is 0 Å². The van der Waals surface area contributed by atoms with E-state index in [9.17, 15) is 8.42 Å². The zero-order chi connectivity index (χ0) is 15.9. The Kier molecular flexibility index (Phi) is 4.10. The second-order valence-corrected chi connectivity index (χ2v) is 7.94. The predicted octanol–water partition coefficient (Wildman–Crippen LogP) is 4.59. The molecule has 22 heavy (non-hydrogen) atoms. The van der Waals surface area contributed by atoms with E-state index in [1.165, 1.54) is 23.3 Å². The van der Waals surface area contributed by atoms with E-state index in [-0.39, 0.29) is 9.92 Å². The van der Waals surface area contributed by atoms with Crippen LogP contribution in [0.25, 0.3) is 0 Å². The third kappa shape index (κ3) is 2.96. The largest absolute Gasteiger partial charge is 0.280 e. The summed E-state index contributed by atoms with van der Waals surface area (Å²) in [6.45, 7) is 1.74. The molecule has 1 N–H and O–H groups in total. The highest BCUT2D eigenvalue weighted by Gasteiger charge is 2.20. The van der Waals surface area contributed by atoms with Crippen molar-refractivity contribution in [2.45, 2.75) is 31.1 Å². The van der Waals surface area contributed by atoms with E-state index in [0.717, 1.165) is 19.3 Å². The maximum absolute atomic E-state index is 12.5. The normalized spacial score (nSPS) is 14.0. The summed E-state index contributed by atoms with van der Waals surface area (Å²) >= 11 is 12.0. The van der Waals surface area contributed by atoms with Crippen LogP contribution in [-0.2, 0) is 22.9 Å². The number of halogens is 2. The van der Waals surface area contributed by atoms with E-state index in [4.69, 9.17) is 23.2 Å². The zero-order valence-corrected chi connectivity index (χ0v) is 14.3. The Balaban J connectivity index is 1.96. The van der Waals surface area contributed by atoms with Crippen molar-refractivity contribution in [3.05, 3.63) is 57.1 Å². The number of anilines is 1. The summed E-state index contributed by atoms with van der Waals surface area (Å²) in [6.07, 6.45) is 3.17. The van der Waals surface area contributed by atoms with Gasteiger partial charge >= 0.3 is 0 Å². The SMILES string of the molecule is Cc1cc(S(=O)(=O)Nc2ccc3c(c2)CCC3)c(Cl)cc1Cl. The summed E-state index contributed by atoms with van der Waals surface area (Å²) in [5, 5.41) is 0.561. The quantitative estimate of drug-likeness (QED) is 0.874. The van der Waals surface area contributed by atoms with Gasteiger partial charge in [0.05, 0.1) is 5.02 Å². The van der Waals surface area contributed by atoms with E-state index in [0.29, 0.717) is 16.3 Å². The lowest BCUT2D eigenvalue weighted by Gasteiger charge is -2.12. The second-order valence-electron chi connectivity index (χ2n) is 5.47. The topological polar surface area (TPSA) is 46.2 Å². The molecule has 0 saturated carbocycles. The van der Waals surface area contributed by atoms with Crippen molar-refractivity contribution in [2.75, 3.05) is 4.72 Å². The molecule has 3 rings (SSSR count). The van der Waals surface area contributed by atoms with Gasteiger partial charge in [0.1, 0.15) is 4.90 Å². The van der Waals surface area contributed by atoms with Gasteiger partial charge in [-0.2, -0.15) is 0 Å². The highest BCUT2D eigenvalue weighted by atomic mass is 35.5. The molecule has 0 saturated heterocycles. The molecular formula is C16H15Cl2NO2S. The fourth-order valence-corrected chi connectivity index (χ4v) is 4.56. The van der Waals surface area contributed by atoms with Gasteiger partial charge in [-0.3, -0.25) is 4.72 Å².